The highest BCUT2D eigenvalue weighted by atomic mass is 19.1. The van der Waals surface area contributed by atoms with E-state index in [1.807, 2.05) is 12.1 Å². The summed E-state index contributed by atoms with van der Waals surface area (Å²) in [6.45, 7) is 0. The molecule has 52 heavy (non-hydrogen) atoms. The largest absolute Gasteiger partial charge is 0.309 e. The lowest BCUT2D eigenvalue weighted by Gasteiger charge is -2.12. The van der Waals surface area contributed by atoms with Crippen molar-refractivity contribution in [2.24, 2.45) is 0 Å². The molecule has 0 aliphatic heterocycles. The molecule has 8 aromatic carbocycles. The van der Waals surface area contributed by atoms with Crippen LogP contribution >= 0.6 is 0 Å². The Morgan fingerprint density at radius 3 is 0.923 bits per heavy atom. The van der Waals surface area contributed by atoms with Crippen LogP contribution in [-0.2, 0) is 0 Å². The second-order valence-corrected chi connectivity index (χ2v) is 13.5. The first-order valence-corrected chi connectivity index (χ1v) is 17.6. The molecule has 3 nitrogen and oxygen atoms in total. The van der Waals surface area contributed by atoms with Gasteiger partial charge < -0.3 is 13.7 Å². The number of aromatic nitrogens is 3. The van der Waals surface area contributed by atoms with Gasteiger partial charge in [-0.3, -0.25) is 0 Å². The molecule has 0 saturated carbocycles. The van der Waals surface area contributed by atoms with E-state index in [-0.39, 0.29) is 5.82 Å². The molecule has 0 saturated heterocycles. The van der Waals surface area contributed by atoms with Gasteiger partial charge in [-0.1, -0.05) is 84.9 Å². The van der Waals surface area contributed by atoms with E-state index in [9.17, 15) is 4.39 Å². The van der Waals surface area contributed by atoms with E-state index in [0.717, 1.165) is 39.2 Å². The Balaban J connectivity index is 1.05. The van der Waals surface area contributed by atoms with Gasteiger partial charge in [-0.15, -0.1) is 0 Å². The molecule has 0 amide bonds. The van der Waals surface area contributed by atoms with E-state index in [0.29, 0.717) is 0 Å². The van der Waals surface area contributed by atoms with E-state index in [2.05, 4.69) is 171 Å². The summed E-state index contributed by atoms with van der Waals surface area (Å²) in [4.78, 5) is 0. The lowest BCUT2D eigenvalue weighted by molar-refractivity contribution is 0.627. The Kier molecular flexibility index (Phi) is 6.13. The maximum absolute atomic E-state index is 13.9. The predicted molar refractivity (Wildman–Crippen MR) is 215 cm³/mol. The van der Waals surface area contributed by atoms with Gasteiger partial charge in [-0.05, 0) is 108 Å². The van der Waals surface area contributed by atoms with Crippen LogP contribution in [0.3, 0.4) is 0 Å². The molecule has 0 unspecified atom stereocenters. The normalized spacial score (nSPS) is 11.9. The second-order valence-electron chi connectivity index (χ2n) is 13.5. The van der Waals surface area contributed by atoms with Crippen LogP contribution in [0.5, 0.6) is 0 Å². The Labute approximate surface area is 298 Å². The van der Waals surface area contributed by atoms with Crippen molar-refractivity contribution in [2.75, 3.05) is 0 Å². The van der Waals surface area contributed by atoms with E-state index < -0.39 is 0 Å². The molecule has 3 aromatic heterocycles. The molecule has 244 valence electrons. The van der Waals surface area contributed by atoms with Crippen LogP contribution in [0.1, 0.15) is 0 Å². The fraction of sp³-hybridized carbons (Fsp3) is 0. The minimum Gasteiger partial charge on any atom is -0.309 e. The number of fused-ring (bicyclic) bond motifs is 9. The third-order valence-electron chi connectivity index (χ3n) is 10.7. The van der Waals surface area contributed by atoms with Gasteiger partial charge in [0.2, 0.25) is 0 Å². The molecule has 0 aliphatic carbocycles. The number of halogens is 1. The molecular formula is C48H30FN3. The SMILES string of the molecule is Fc1ccc(-n2c3ccccc3c3cc(-c4ccc5c(c4)c4ccccc4n5-c4ccc(-n5c6ccccc6c6ccccc65)cc4)ccc32)cc1. The maximum atomic E-state index is 13.9. The van der Waals surface area contributed by atoms with Gasteiger partial charge in [0.1, 0.15) is 5.82 Å². The van der Waals surface area contributed by atoms with Crippen molar-refractivity contribution in [3.63, 3.8) is 0 Å². The molecule has 0 N–H and O–H groups in total. The van der Waals surface area contributed by atoms with Crippen LogP contribution in [0.4, 0.5) is 4.39 Å². The minimum absolute atomic E-state index is 0.236. The number of hydrogen-bond acceptors (Lipinski definition) is 0. The Hall–Kier alpha value is -6.91. The number of nitrogens with zero attached hydrogens (tertiary/aromatic N) is 3. The Morgan fingerprint density at radius 2 is 0.558 bits per heavy atom. The van der Waals surface area contributed by atoms with Crippen molar-refractivity contribution in [1.82, 2.24) is 13.7 Å². The molecule has 0 spiro atoms. The van der Waals surface area contributed by atoms with Crippen LogP contribution in [0.2, 0.25) is 0 Å². The van der Waals surface area contributed by atoms with E-state index >= 15 is 0 Å². The average Bonchev–Trinajstić information content (AvgIpc) is 3.84. The van der Waals surface area contributed by atoms with Crippen LogP contribution in [-0.4, -0.2) is 13.7 Å². The average molecular weight is 668 g/mol. The lowest BCUT2D eigenvalue weighted by Crippen LogP contribution is -1.97. The van der Waals surface area contributed by atoms with Gasteiger partial charge in [0, 0.05) is 49.4 Å². The first kappa shape index (κ1) is 28.9. The molecule has 0 fully saturated rings. The van der Waals surface area contributed by atoms with Crippen molar-refractivity contribution in [1.29, 1.82) is 0 Å². The topological polar surface area (TPSA) is 14.8 Å². The lowest BCUT2D eigenvalue weighted by atomic mass is 10.0. The summed E-state index contributed by atoms with van der Waals surface area (Å²) in [7, 11) is 0. The van der Waals surface area contributed by atoms with Crippen LogP contribution in [0.25, 0.3) is 93.6 Å². The van der Waals surface area contributed by atoms with Gasteiger partial charge in [0.05, 0.1) is 33.1 Å². The number of para-hydroxylation sites is 4. The summed E-state index contributed by atoms with van der Waals surface area (Å²) < 4.78 is 20.8. The van der Waals surface area contributed by atoms with Crippen molar-refractivity contribution in [3.05, 3.63) is 188 Å². The molecule has 4 heteroatoms. The standard InChI is InChI=1S/C48H30FN3/c49-33-19-21-34(22-20-33)51-45-15-7-3-11-39(45)41-29-31(17-27-47(41)51)32-18-28-48-42(30-32)40-12-4-8-16-46(40)52(48)36-25-23-35(24-26-36)50-43-13-5-1-9-37(43)38-10-2-6-14-44(38)50/h1-30H. The van der Waals surface area contributed by atoms with Crippen molar-refractivity contribution in [3.8, 4) is 28.2 Å². The van der Waals surface area contributed by atoms with E-state index in [1.54, 1.807) is 0 Å². The first-order valence-electron chi connectivity index (χ1n) is 17.6. The number of rotatable bonds is 4. The number of hydrogen-bond donors (Lipinski definition) is 0. The summed E-state index contributed by atoms with van der Waals surface area (Å²) >= 11 is 0. The van der Waals surface area contributed by atoms with Crippen molar-refractivity contribution >= 4 is 65.4 Å². The summed E-state index contributed by atoms with van der Waals surface area (Å²) in [5.74, 6) is -0.236. The van der Waals surface area contributed by atoms with Gasteiger partial charge in [0.25, 0.3) is 0 Å². The quantitative estimate of drug-likeness (QED) is 0.177. The monoisotopic (exact) mass is 667 g/mol. The summed E-state index contributed by atoms with van der Waals surface area (Å²) in [6.07, 6.45) is 0. The number of benzene rings is 8. The van der Waals surface area contributed by atoms with Crippen molar-refractivity contribution in [2.45, 2.75) is 0 Å². The second kappa shape index (κ2) is 11.0. The van der Waals surface area contributed by atoms with Crippen LogP contribution in [0, 0.1) is 5.82 Å². The summed E-state index contributed by atoms with van der Waals surface area (Å²) in [5.41, 5.74) is 12.5. The highest BCUT2D eigenvalue weighted by Gasteiger charge is 2.17. The van der Waals surface area contributed by atoms with Gasteiger partial charge in [-0.2, -0.15) is 0 Å². The fourth-order valence-electron chi connectivity index (χ4n) is 8.40. The summed E-state index contributed by atoms with van der Waals surface area (Å²) in [5, 5.41) is 7.30. The molecule has 0 radical (unpaired) electrons. The zero-order chi connectivity index (χ0) is 34.3. The highest BCUT2D eigenvalue weighted by molar-refractivity contribution is 6.13. The fourth-order valence-corrected chi connectivity index (χ4v) is 8.40. The maximum Gasteiger partial charge on any atom is 0.123 e. The Bertz CT molecular complexity index is 3120. The molecule has 0 aliphatic rings. The van der Waals surface area contributed by atoms with Gasteiger partial charge in [-0.25, -0.2) is 4.39 Å². The molecule has 0 atom stereocenters. The van der Waals surface area contributed by atoms with E-state index in [4.69, 9.17) is 0 Å². The Morgan fingerprint density at radius 1 is 0.269 bits per heavy atom. The third kappa shape index (κ3) is 4.18. The minimum atomic E-state index is -0.236. The highest BCUT2D eigenvalue weighted by Crippen LogP contribution is 2.39. The zero-order valence-corrected chi connectivity index (χ0v) is 28.0. The van der Waals surface area contributed by atoms with Gasteiger partial charge >= 0.3 is 0 Å². The van der Waals surface area contributed by atoms with E-state index in [1.165, 1.54) is 66.5 Å². The summed E-state index contributed by atoms with van der Waals surface area (Å²) in [6, 6.07) is 63.6. The molecule has 0 bridgehead atoms. The zero-order valence-electron chi connectivity index (χ0n) is 28.0. The van der Waals surface area contributed by atoms with Crippen LogP contribution in [0.15, 0.2) is 182 Å². The third-order valence-corrected chi connectivity index (χ3v) is 10.7. The predicted octanol–water partition coefficient (Wildman–Crippen LogP) is 12.8. The van der Waals surface area contributed by atoms with Crippen molar-refractivity contribution < 1.29 is 4.39 Å². The van der Waals surface area contributed by atoms with Gasteiger partial charge in [0.15, 0.2) is 0 Å². The molecule has 3 heterocycles. The van der Waals surface area contributed by atoms with Crippen LogP contribution < -0.4 is 0 Å². The molecule has 11 rings (SSSR count). The molecular weight excluding hydrogens is 638 g/mol. The smallest absolute Gasteiger partial charge is 0.123 e. The first-order chi connectivity index (χ1) is 25.7. The molecule has 11 aromatic rings.